The Morgan fingerprint density at radius 1 is 0.943 bits per heavy atom. The van der Waals surface area contributed by atoms with Crippen molar-refractivity contribution in [3.8, 4) is 22.4 Å². The van der Waals surface area contributed by atoms with E-state index >= 15 is 0 Å². The smallest absolute Gasteiger partial charge is 0.208 e. The molecule has 1 aliphatic heterocycles. The fourth-order valence-corrected chi connectivity index (χ4v) is 5.17. The van der Waals surface area contributed by atoms with Crippen LogP contribution in [0.25, 0.3) is 28.0 Å². The van der Waals surface area contributed by atoms with Crippen molar-refractivity contribution in [1.82, 2.24) is 19.5 Å². The minimum atomic E-state index is -0.0504. The first-order valence-corrected chi connectivity index (χ1v) is 12.5. The van der Waals surface area contributed by atoms with Crippen molar-refractivity contribution < 1.29 is 9.53 Å². The van der Waals surface area contributed by atoms with Gasteiger partial charge >= 0.3 is 0 Å². The van der Waals surface area contributed by atoms with Crippen LogP contribution in [-0.4, -0.2) is 51.6 Å². The lowest BCUT2D eigenvalue weighted by Gasteiger charge is -2.26. The summed E-state index contributed by atoms with van der Waals surface area (Å²) in [5.41, 5.74) is 6.60. The van der Waals surface area contributed by atoms with Crippen LogP contribution in [0.2, 0.25) is 0 Å². The highest BCUT2D eigenvalue weighted by molar-refractivity contribution is 7.12. The second kappa shape index (κ2) is 9.54. The molecule has 1 fully saturated rings. The van der Waals surface area contributed by atoms with Gasteiger partial charge in [-0.3, -0.25) is 9.69 Å². The molecular weight excluding hydrogens is 456 g/mol. The van der Waals surface area contributed by atoms with Crippen LogP contribution in [-0.2, 0) is 11.3 Å². The number of ether oxygens (including phenoxy) is 1. The molecule has 0 saturated carbocycles. The zero-order chi connectivity index (χ0) is 23.6. The molecule has 0 radical (unpaired) electrons. The predicted molar refractivity (Wildman–Crippen MR) is 138 cm³/mol. The predicted octanol–water partition coefficient (Wildman–Crippen LogP) is 5.19. The third-order valence-corrected chi connectivity index (χ3v) is 7.21. The second-order valence-corrected chi connectivity index (χ2v) is 9.54. The Hall–Kier alpha value is -3.65. The third kappa shape index (κ3) is 4.41. The average molecular weight is 481 g/mol. The maximum atomic E-state index is 12.9. The van der Waals surface area contributed by atoms with Gasteiger partial charge in [0.15, 0.2) is 5.65 Å². The molecule has 6 nitrogen and oxygen atoms in total. The summed E-state index contributed by atoms with van der Waals surface area (Å²) in [6, 6.07) is 22.8. The summed E-state index contributed by atoms with van der Waals surface area (Å²) < 4.78 is 7.21. The molecule has 6 rings (SSSR count). The number of fused-ring (bicyclic) bond motifs is 1. The molecule has 1 saturated heterocycles. The van der Waals surface area contributed by atoms with E-state index in [4.69, 9.17) is 4.74 Å². The van der Waals surface area contributed by atoms with E-state index in [0.717, 1.165) is 55.2 Å². The molecule has 7 heteroatoms. The number of benzene rings is 2. The van der Waals surface area contributed by atoms with Crippen LogP contribution in [0.1, 0.15) is 20.8 Å². The first kappa shape index (κ1) is 21.9. The minimum absolute atomic E-state index is 0.0504. The minimum Gasteiger partial charge on any atom is -0.379 e. The highest BCUT2D eigenvalue weighted by atomic mass is 32.1. The van der Waals surface area contributed by atoms with Crippen molar-refractivity contribution in [2.24, 2.45) is 0 Å². The van der Waals surface area contributed by atoms with E-state index in [1.165, 1.54) is 16.9 Å². The Morgan fingerprint density at radius 2 is 1.77 bits per heavy atom. The fraction of sp³-hybridized carbons (Fsp3) is 0.179. The number of carbonyl (C=O) groups is 1. The van der Waals surface area contributed by atoms with E-state index in [9.17, 15) is 4.79 Å². The molecule has 35 heavy (non-hydrogen) atoms. The van der Waals surface area contributed by atoms with E-state index in [1.54, 1.807) is 16.9 Å². The molecule has 0 bridgehead atoms. The van der Waals surface area contributed by atoms with Gasteiger partial charge in [-0.15, -0.1) is 11.3 Å². The number of nitrogens with zero attached hydrogens (tertiary/aromatic N) is 4. The standard InChI is InChI=1S/C28H24N4O2S/c33-27(26-5-2-16-35-26)24-18-30-32-25(10-11-29-28(24)32)23-4-1-3-22(17-23)21-8-6-20(7-9-21)19-31-12-14-34-15-13-31/h1-11,16-18H,12-15,19H2. The molecule has 0 spiro atoms. The maximum absolute atomic E-state index is 12.9. The van der Waals surface area contributed by atoms with Crippen LogP contribution in [0.3, 0.4) is 0 Å². The fourth-order valence-electron chi connectivity index (χ4n) is 4.49. The largest absolute Gasteiger partial charge is 0.379 e. The van der Waals surface area contributed by atoms with Crippen molar-refractivity contribution >= 4 is 22.8 Å². The summed E-state index contributed by atoms with van der Waals surface area (Å²) in [5.74, 6) is -0.0504. The van der Waals surface area contributed by atoms with Gasteiger partial charge in [0.25, 0.3) is 0 Å². The highest BCUT2D eigenvalue weighted by Gasteiger charge is 2.18. The highest BCUT2D eigenvalue weighted by Crippen LogP contribution is 2.28. The van der Waals surface area contributed by atoms with Crippen LogP contribution < -0.4 is 0 Å². The van der Waals surface area contributed by atoms with Gasteiger partial charge in [-0.2, -0.15) is 5.10 Å². The molecular formula is C28H24N4O2S. The maximum Gasteiger partial charge on any atom is 0.208 e. The van der Waals surface area contributed by atoms with E-state index in [0.29, 0.717) is 16.1 Å². The van der Waals surface area contributed by atoms with E-state index in [-0.39, 0.29) is 5.78 Å². The van der Waals surface area contributed by atoms with Crippen molar-refractivity contribution in [3.63, 3.8) is 0 Å². The Bertz CT molecular complexity index is 1470. The second-order valence-electron chi connectivity index (χ2n) is 8.60. The average Bonchev–Trinajstić information content (AvgIpc) is 3.60. The molecule has 1 aliphatic rings. The zero-order valence-electron chi connectivity index (χ0n) is 19.1. The van der Waals surface area contributed by atoms with Gasteiger partial charge in [-0.1, -0.05) is 48.5 Å². The first-order valence-electron chi connectivity index (χ1n) is 11.7. The molecule has 0 unspecified atom stereocenters. The van der Waals surface area contributed by atoms with Crippen LogP contribution in [0.4, 0.5) is 0 Å². The number of thiophene rings is 1. The first-order chi connectivity index (χ1) is 17.3. The Morgan fingerprint density at radius 3 is 2.57 bits per heavy atom. The van der Waals surface area contributed by atoms with Gasteiger partial charge in [0, 0.05) is 31.4 Å². The molecule has 4 heterocycles. The summed E-state index contributed by atoms with van der Waals surface area (Å²) in [4.78, 5) is 20.5. The normalized spacial score (nSPS) is 14.4. The van der Waals surface area contributed by atoms with Crippen molar-refractivity contribution in [1.29, 1.82) is 0 Å². The Labute approximate surface area is 207 Å². The van der Waals surface area contributed by atoms with Gasteiger partial charge in [0.05, 0.1) is 35.5 Å². The number of hydrogen-bond acceptors (Lipinski definition) is 6. The van der Waals surface area contributed by atoms with Crippen molar-refractivity contribution in [2.45, 2.75) is 6.54 Å². The van der Waals surface area contributed by atoms with E-state index in [1.807, 2.05) is 23.6 Å². The van der Waals surface area contributed by atoms with E-state index < -0.39 is 0 Å². The topological polar surface area (TPSA) is 59.7 Å². The molecule has 3 aromatic heterocycles. The molecule has 0 aliphatic carbocycles. The number of rotatable bonds is 6. The van der Waals surface area contributed by atoms with Gasteiger partial charge < -0.3 is 4.74 Å². The summed E-state index contributed by atoms with van der Waals surface area (Å²) >= 11 is 1.43. The Balaban J connectivity index is 1.29. The lowest BCUT2D eigenvalue weighted by atomic mass is 10.0. The number of morpholine rings is 1. The summed E-state index contributed by atoms with van der Waals surface area (Å²) in [6.45, 7) is 4.54. The molecule has 5 aromatic rings. The lowest BCUT2D eigenvalue weighted by Crippen LogP contribution is -2.35. The summed E-state index contributed by atoms with van der Waals surface area (Å²) in [5, 5.41) is 6.42. The van der Waals surface area contributed by atoms with Crippen LogP contribution >= 0.6 is 11.3 Å². The lowest BCUT2D eigenvalue weighted by molar-refractivity contribution is 0.0342. The van der Waals surface area contributed by atoms with Gasteiger partial charge in [0.2, 0.25) is 5.78 Å². The summed E-state index contributed by atoms with van der Waals surface area (Å²) in [6.07, 6.45) is 3.36. The monoisotopic (exact) mass is 480 g/mol. The number of ketones is 1. The number of hydrogen-bond donors (Lipinski definition) is 0. The molecule has 174 valence electrons. The van der Waals surface area contributed by atoms with Gasteiger partial charge in [-0.05, 0) is 40.3 Å². The zero-order valence-corrected chi connectivity index (χ0v) is 19.9. The number of aromatic nitrogens is 3. The van der Waals surface area contributed by atoms with Crippen LogP contribution in [0.15, 0.2) is 84.5 Å². The molecule has 0 amide bonds. The molecule has 0 N–H and O–H groups in total. The van der Waals surface area contributed by atoms with Gasteiger partial charge in [-0.25, -0.2) is 9.50 Å². The van der Waals surface area contributed by atoms with Crippen LogP contribution in [0.5, 0.6) is 0 Å². The number of carbonyl (C=O) groups excluding carboxylic acids is 1. The van der Waals surface area contributed by atoms with Crippen molar-refractivity contribution in [3.05, 3.63) is 101 Å². The van der Waals surface area contributed by atoms with Gasteiger partial charge in [0.1, 0.15) is 0 Å². The SMILES string of the molecule is O=C(c1cccs1)c1cnn2c(-c3cccc(-c4ccc(CN5CCOCC5)cc4)c3)ccnc12. The Kier molecular flexibility index (Phi) is 5.96. The summed E-state index contributed by atoms with van der Waals surface area (Å²) in [7, 11) is 0. The third-order valence-electron chi connectivity index (χ3n) is 6.35. The van der Waals surface area contributed by atoms with Crippen molar-refractivity contribution in [2.75, 3.05) is 26.3 Å². The van der Waals surface area contributed by atoms with Crippen LogP contribution in [0, 0.1) is 0 Å². The van der Waals surface area contributed by atoms with E-state index in [2.05, 4.69) is 63.5 Å². The quantitative estimate of drug-likeness (QED) is 0.313. The molecule has 2 aromatic carbocycles. The molecule has 0 atom stereocenters.